The lowest BCUT2D eigenvalue weighted by atomic mass is 9.99. The minimum Gasteiger partial charge on any atom is -0.378 e. The Bertz CT molecular complexity index is 602. The van der Waals surface area contributed by atoms with Crippen molar-refractivity contribution in [2.75, 3.05) is 11.9 Å². The van der Waals surface area contributed by atoms with Gasteiger partial charge in [-0.25, -0.2) is 0 Å². The summed E-state index contributed by atoms with van der Waals surface area (Å²) in [7, 11) is 0. The van der Waals surface area contributed by atoms with Crippen molar-refractivity contribution in [1.82, 2.24) is 0 Å². The molecular weight excluding hydrogens is 290 g/mol. The average Bonchev–Trinajstić information content (AvgIpc) is 3.32. The zero-order valence-electron chi connectivity index (χ0n) is 11.9. The van der Waals surface area contributed by atoms with E-state index in [-0.39, 0.29) is 23.5 Å². The van der Waals surface area contributed by atoms with Gasteiger partial charge in [0.15, 0.2) is 0 Å². The van der Waals surface area contributed by atoms with E-state index < -0.39 is 9.85 Å². The summed E-state index contributed by atoms with van der Waals surface area (Å²) >= 11 is 0. The smallest absolute Gasteiger partial charge is 0.299 e. The third-order valence-electron chi connectivity index (χ3n) is 4.21. The summed E-state index contributed by atoms with van der Waals surface area (Å²) in [4.78, 5) is 20.7. The lowest BCUT2D eigenvalue weighted by molar-refractivity contribution is -0.393. The maximum atomic E-state index is 11.1. The van der Waals surface area contributed by atoms with Crippen LogP contribution in [0.5, 0.6) is 0 Å². The Labute approximate surface area is 126 Å². The molecule has 1 heterocycles. The van der Waals surface area contributed by atoms with Crippen LogP contribution >= 0.6 is 0 Å². The molecule has 8 nitrogen and oxygen atoms in total. The lowest BCUT2D eigenvalue weighted by Crippen LogP contribution is -2.35. The molecule has 0 spiro atoms. The molecule has 0 bridgehead atoms. The first-order valence-corrected chi connectivity index (χ1v) is 7.35. The normalized spacial score (nSPS) is 24.7. The quantitative estimate of drug-likeness (QED) is 0.662. The fourth-order valence-electron chi connectivity index (χ4n) is 2.88. The summed E-state index contributed by atoms with van der Waals surface area (Å²) in [5, 5.41) is 25.1. The number of rotatable bonds is 5. The molecular formula is C14H17N3O5. The number of benzene rings is 1. The Kier molecular flexibility index (Phi) is 3.93. The molecule has 8 heteroatoms. The van der Waals surface area contributed by atoms with Gasteiger partial charge in [0.05, 0.1) is 22.0 Å². The summed E-state index contributed by atoms with van der Waals surface area (Å²) in [6, 6.07) is 3.80. The third-order valence-corrected chi connectivity index (χ3v) is 4.21. The van der Waals surface area contributed by atoms with Crippen LogP contribution in [0.15, 0.2) is 18.2 Å². The Morgan fingerprint density at radius 1 is 1.14 bits per heavy atom. The van der Waals surface area contributed by atoms with Crippen molar-refractivity contribution in [2.24, 2.45) is 5.92 Å². The summed E-state index contributed by atoms with van der Waals surface area (Å²) in [5.74, 6) is 0.622. The highest BCUT2D eigenvalue weighted by Gasteiger charge is 2.36. The van der Waals surface area contributed by atoms with Gasteiger partial charge in [0, 0.05) is 18.7 Å². The second kappa shape index (κ2) is 5.88. The van der Waals surface area contributed by atoms with Gasteiger partial charge in [-0.15, -0.1) is 0 Å². The van der Waals surface area contributed by atoms with Crippen LogP contribution < -0.4 is 5.32 Å². The number of anilines is 1. The van der Waals surface area contributed by atoms with Crippen LogP contribution in [0.3, 0.4) is 0 Å². The van der Waals surface area contributed by atoms with E-state index >= 15 is 0 Å². The fourth-order valence-corrected chi connectivity index (χ4v) is 2.88. The zero-order valence-corrected chi connectivity index (χ0v) is 11.9. The number of hydrogen-bond donors (Lipinski definition) is 1. The number of non-ortho nitro benzene ring substituents is 1. The van der Waals surface area contributed by atoms with Crippen LogP contribution in [0.4, 0.5) is 17.1 Å². The highest BCUT2D eigenvalue weighted by molar-refractivity contribution is 5.65. The molecule has 2 fully saturated rings. The molecule has 3 rings (SSSR count). The van der Waals surface area contributed by atoms with E-state index in [9.17, 15) is 20.2 Å². The van der Waals surface area contributed by atoms with Gasteiger partial charge in [-0.1, -0.05) is 0 Å². The molecule has 1 saturated heterocycles. The minimum absolute atomic E-state index is 0.0968. The molecule has 1 saturated carbocycles. The summed E-state index contributed by atoms with van der Waals surface area (Å²) in [6.07, 6.45) is 4.20. The first-order valence-electron chi connectivity index (χ1n) is 7.35. The first kappa shape index (κ1) is 14.7. The van der Waals surface area contributed by atoms with E-state index in [0.29, 0.717) is 18.2 Å². The van der Waals surface area contributed by atoms with Crippen molar-refractivity contribution >= 4 is 17.1 Å². The summed E-state index contributed by atoms with van der Waals surface area (Å²) < 4.78 is 5.73. The number of ether oxygens (including phenoxy) is 1. The van der Waals surface area contributed by atoms with Crippen molar-refractivity contribution in [2.45, 2.75) is 37.8 Å². The average molecular weight is 307 g/mol. The number of nitro benzene ring substituents is 2. The van der Waals surface area contributed by atoms with E-state index in [1.165, 1.54) is 25.0 Å². The molecule has 2 unspecified atom stereocenters. The van der Waals surface area contributed by atoms with Gasteiger partial charge in [0.25, 0.3) is 11.4 Å². The number of nitrogens with one attached hydrogen (secondary N) is 1. The van der Waals surface area contributed by atoms with Gasteiger partial charge >= 0.3 is 0 Å². The molecule has 0 aromatic heterocycles. The molecule has 1 N–H and O–H groups in total. The van der Waals surface area contributed by atoms with E-state index in [0.717, 1.165) is 18.9 Å². The Balaban J connectivity index is 1.75. The largest absolute Gasteiger partial charge is 0.378 e. The molecule has 2 aliphatic rings. The molecule has 118 valence electrons. The fraction of sp³-hybridized carbons (Fsp3) is 0.571. The second-order valence-corrected chi connectivity index (χ2v) is 5.83. The SMILES string of the molecule is O=[N+]([O-])c1ccc(NC2CCOC(C3CC3)C2)c([N+](=O)[O-])c1. The van der Waals surface area contributed by atoms with E-state index in [2.05, 4.69) is 5.32 Å². The Morgan fingerprint density at radius 3 is 2.55 bits per heavy atom. The molecule has 1 aliphatic carbocycles. The van der Waals surface area contributed by atoms with Crippen molar-refractivity contribution in [3.05, 3.63) is 38.4 Å². The molecule has 0 amide bonds. The molecule has 1 aromatic carbocycles. The predicted molar refractivity (Wildman–Crippen MR) is 78.9 cm³/mol. The maximum absolute atomic E-state index is 11.1. The standard InChI is InChI=1S/C14H17N3O5/c18-16(19)11-3-4-12(13(8-11)17(20)21)15-10-5-6-22-14(7-10)9-1-2-9/h3-4,8-10,14-15H,1-2,5-7H2. The van der Waals surface area contributed by atoms with Crippen LogP contribution in [0.25, 0.3) is 0 Å². The van der Waals surface area contributed by atoms with Crippen molar-refractivity contribution in [3.63, 3.8) is 0 Å². The van der Waals surface area contributed by atoms with Gasteiger partial charge in [-0.05, 0) is 37.7 Å². The Hall–Kier alpha value is -2.22. The van der Waals surface area contributed by atoms with Crippen LogP contribution in [0.2, 0.25) is 0 Å². The minimum atomic E-state index is -0.631. The van der Waals surface area contributed by atoms with Crippen LogP contribution in [0, 0.1) is 26.1 Å². The predicted octanol–water partition coefficient (Wildman–Crippen LogP) is 2.87. The first-order chi connectivity index (χ1) is 10.5. The van der Waals surface area contributed by atoms with Gasteiger partial charge in [0.2, 0.25) is 0 Å². The van der Waals surface area contributed by atoms with Crippen LogP contribution in [-0.4, -0.2) is 28.6 Å². The summed E-state index contributed by atoms with van der Waals surface area (Å²) in [5.41, 5.74) is -0.208. The molecule has 2 atom stereocenters. The van der Waals surface area contributed by atoms with Crippen molar-refractivity contribution < 1.29 is 14.6 Å². The lowest BCUT2D eigenvalue weighted by Gasteiger charge is -2.30. The molecule has 22 heavy (non-hydrogen) atoms. The maximum Gasteiger partial charge on any atom is 0.299 e. The van der Waals surface area contributed by atoms with E-state index in [1.54, 1.807) is 0 Å². The molecule has 0 radical (unpaired) electrons. The molecule has 1 aromatic rings. The Morgan fingerprint density at radius 2 is 1.91 bits per heavy atom. The van der Waals surface area contributed by atoms with E-state index in [4.69, 9.17) is 4.74 Å². The van der Waals surface area contributed by atoms with Gasteiger partial charge < -0.3 is 10.1 Å². The zero-order chi connectivity index (χ0) is 15.7. The number of nitrogens with zero attached hydrogens (tertiary/aromatic N) is 2. The highest BCUT2D eigenvalue weighted by Crippen LogP contribution is 2.39. The topological polar surface area (TPSA) is 108 Å². The number of nitro groups is 2. The van der Waals surface area contributed by atoms with Gasteiger partial charge in [-0.3, -0.25) is 20.2 Å². The molecule has 1 aliphatic heterocycles. The van der Waals surface area contributed by atoms with Crippen molar-refractivity contribution in [3.8, 4) is 0 Å². The van der Waals surface area contributed by atoms with Gasteiger partial charge in [-0.2, -0.15) is 0 Å². The third kappa shape index (κ3) is 3.16. The summed E-state index contributed by atoms with van der Waals surface area (Å²) in [6.45, 7) is 0.639. The van der Waals surface area contributed by atoms with Crippen LogP contribution in [0.1, 0.15) is 25.7 Å². The van der Waals surface area contributed by atoms with E-state index in [1.807, 2.05) is 0 Å². The van der Waals surface area contributed by atoms with Crippen molar-refractivity contribution in [1.29, 1.82) is 0 Å². The highest BCUT2D eigenvalue weighted by atomic mass is 16.6. The number of hydrogen-bond acceptors (Lipinski definition) is 6. The monoisotopic (exact) mass is 307 g/mol. The second-order valence-electron chi connectivity index (χ2n) is 5.83. The van der Waals surface area contributed by atoms with Gasteiger partial charge in [0.1, 0.15) is 5.69 Å². The van der Waals surface area contributed by atoms with Crippen LogP contribution in [-0.2, 0) is 4.74 Å².